The van der Waals surface area contributed by atoms with Gasteiger partial charge in [0.2, 0.25) is 6.41 Å². The van der Waals surface area contributed by atoms with Gasteiger partial charge in [-0.2, -0.15) is 0 Å². The Morgan fingerprint density at radius 3 is 2.56 bits per heavy atom. The van der Waals surface area contributed by atoms with Crippen molar-refractivity contribution in [3.8, 4) is 0 Å². The first kappa shape index (κ1) is 11.1. The highest BCUT2D eigenvalue weighted by Gasteiger charge is 2.24. The Labute approximate surface area is 96.7 Å². The zero-order chi connectivity index (χ0) is 11.5. The largest absolute Gasteiger partial charge is 0.336 e. The molecule has 0 N–H and O–H groups in total. The molecule has 2 rings (SSSR count). The SMILES string of the molecule is Cc1ccc(C2CN(C)CCN2C=O)cc1. The van der Waals surface area contributed by atoms with Crippen molar-refractivity contribution >= 4 is 6.41 Å². The maximum absolute atomic E-state index is 11.0. The lowest BCUT2D eigenvalue weighted by molar-refractivity contribution is -0.122. The maximum atomic E-state index is 11.0. The Hall–Kier alpha value is -1.35. The molecule has 16 heavy (non-hydrogen) atoms. The third kappa shape index (κ3) is 2.25. The van der Waals surface area contributed by atoms with Gasteiger partial charge < -0.3 is 9.80 Å². The van der Waals surface area contributed by atoms with Crippen molar-refractivity contribution in [2.45, 2.75) is 13.0 Å². The molecule has 1 aromatic carbocycles. The minimum Gasteiger partial charge on any atom is -0.336 e. The monoisotopic (exact) mass is 218 g/mol. The number of benzene rings is 1. The predicted molar refractivity (Wildman–Crippen MR) is 64.2 cm³/mol. The van der Waals surface area contributed by atoms with Gasteiger partial charge in [-0.05, 0) is 19.5 Å². The molecular formula is C13H18N2O. The molecule has 1 amide bonds. The fourth-order valence-electron chi connectivity index (χ4n) is 2.15. The summed E-state index contributed by atoms with van der Waals surface area (Å²) in [6, 6.07) is 8.65. The van der Waals surface area contributed by atoms with Crippen LogP contribution in [0.15, 0.2) is 24.3 Å². The molecule has 1 aromatic rings. The van der Waals surface area contributed by atoms with Crippen LogP contribution in [0.4, 0.5) is 0 Å². The third-order valence-electron chi connectivity index (χ3n) is 3.22. The van der Waals surface area contributed by atoms with Gasteiger partial charge in [0, 0.05) is 19.6 Å². The number of hydrogen-bond donors (Lipinski definition) is 0. The lowest BCUT2D eigenvalue weighted by Gasteiger charge is -2.38. The van der Waals surface area contributed by atoms with Crippen molar-refractivity contribution in [2.75, 3.05) is 26.7 Å². The number of aryl methyl sites for hydroxylation is 1. The van der Waals surface area contributed by atoms with Crippen molar-refractivity contribution < 1.29 is 4.79 Å². The number of rotatable bonds is 2. The highest BCUT2D eigenvalue weighted by atomic mass is 16.1. The van der Waals surface area contributed by atoms with Crippen LogP contribution in [0, 0.1) is 6.92 Å². The van der Waals surface area contributed by atoms with Crippen LogP contribution in [-0.2, 0) is 4.79 Å². The first-order valence-electron chi connectivity index (χ1n) is 5.67. The van der Waals surface area contributed by atoms with Crippen molar-refractivity contribution in [3.05, 3.63) is 35.4 Å². The van der Waals surface area contributed by atoms with Gasteiger partial charge in [0.1, 0.15) is 0 Å². The van der Waals surface area contributed by atoms with Crippen molar-refractivity contribution in [2.24, 2.45) is 0 Å². The molecule has 86 valence electrons. The van der Waals surface area contributed by atoms with Crippen molar-refractivity contribution in [3.63, 3.8) is 0 Å². The van der Waals surface area contributed by atoms with Gasteiger partial charge in [-0.1, -0.05) is 29.8 Å². The fraction of sp³-hybridized carbons (Fsp3) is 0.462. The van der Waals surface area contributed by atoms with E-state index in [1.54, 1.807) is 0 Å². The van der Waals surface area contributed by atoms with Gasteiger partial charge >= 0.3 is 0 Å². The number of carbonyl (C=O) groups excluding carboxylic acids is 1. The first-order valence-corrected chi connectivity index (χ1v) is 5.67. The van der Waals surface area contributed by atoms with Crippen LogP contribution in [0.5, 0.6) is 0 Å². The lowest BCUT2D eigenvalue weighted by Crippen LogP contribution is -2.46. The average molecular weight is 218 g/mol. The Morgan fingerprint density at radius 1 is 1.25 bits per heavy atom. The normalized spacial score (nSPS) is 22.1. The molecule has 1 aliphatic rings. The average Bonchev–Trinajstić information content (AvgIpc) is 2.30. The van der Waals surface area contributed by atoms with Gasteiger partial charge in [-0.3, -0.25) is 4.79 Å². The smallest absolute Gasteiger partial charge is 0.210 e. The molecule has 1 atom stereocenters. The summed E-state index contributed by atoms with van der Waals surface area (Å²) >= 11 is 0. The number of hydrogen-bond acceptors (Lipinski definition) is 2. The summed E-state index contributed by atoms with van der Waals surface area (Å²) < 4.78 is 0. The highest BCUT2D eigenvalue weighted by molar-refractivity contribution is 5.49. The second-order valence-electron chi connectivity index (χ2n) is 4.53. The van der Waals surface area contributed by atoms with Crippen LogP contribution in [0.1, 0.15) is 17.2 Å². The number of nitrogens with zero attached hydrogens (tertiary/aromatic N) is 2. The molecule has 1 saturated heterocycles. The fourth-order valence-corrected chi connectivity index (χ4v) is 2.15. The topological polar surface area (TPSA) is 23.6 Å². The van der Waals surface area contributed by atoms with E-state index in [1.807, 2.05) is 4.90 Å². The molecule has 0 radical (unpaired) electrons. The second-order valence-corrected chi connectivity index (χ2v) is 4.53. The standard InChI is InChI=1S/C13H18N2O/c1-11-3-5-12(6-4-11)13-9-14(2)7-8-15(13)10-16/h3-6,10,13H,7-9H2,1-2H3. The molecule has 0 saturated carbocycles. The van der Waals surface area contributed by atoms with Crippen LogP contribution in [0.25, 0.3) is 0 Å². The molecule has 3 heteroatoms. The van der Waals surface area contributed by atoms with Gasteiger partial charge in [0.25, 0.3) is 0 Å². The van der Waals surface area contributed by atoms with E-state index in [9.17, 15) is 4.79 Å². The molecule has 0 bridgehead atoms. The van der Waals surface area contributed by atoms with Crippen LogP contribution >= 0.6 is 0 Å². The molecule has 1 fully saturated rings. The van der Waals surface area contributed by atoms with E-state index in [2.05, 4.69) is 43.1 Å². The van der Waals surface area contributed by atoms with Crippen LogP contribution in [0.2, 0.25) is 0 Å². The molecule has 0 aliphatic carbocycles. The molecule has 1 unspecified atom stereocenters. The molecule has 3 nitrogen and oxygen atoms in total. The van der Waals surface area contributed by atoms with E-state index in [4.69, 9.17) is 0 Å². The van der Waals surface area contributed by atoms with Crippen molar-refractivity contribution in [1.29, 1.82) is 0 Å². The first-order chi connectivity index (χ1) is 7.70. The van der Waals surface area contributed by atoms with Gasteiger partial charge in [0.05, 0.1) is 6.04 Å². The third-order valence-corrected chi connectivity index (χ3v) is 3.22. The summed E-state index contributed by atoms with van der Waals surface area (Å²) in [6.07, 6.45) is 0.970. The van der Waals surface area contributed by atoms with Crippen molar-refractivity contribution in [1.82, 2.24) is 9.80 Å². The van der Waals surface area contributed by atoms with E-state index < -0.39 is 0 Å². The predicted octanol–water partition coefficient (Wildman–Crippen LogP) is 1.44. The van der Waals surface area contributed by atoms with Crippen LogP contribution in [-0.4, -0.2) is 42.9 Å². The zero-order valence-electron chi connectivity index (χ0n) is 9.89. The van der Waals surface area contributed by atoms with Gasteiger partial charge in [-0.25, -0.2) is 0 Å². The van der Waals surface area contributed by atoms with Crippen LogP contribution in [0.3, 0.4) is 0 Å². The maximum Gasteiger partial charge on any atom is 0.210 e. The Morgan fingerprint density at radius 2 is 1.94 bits per heavy atom. The number of likely N-dealkylation sites (N-methyl/N-ethyl adjacent to an activating group) is 1. The molecule has 1 aliphatic heterocycles. The minimum atomic E-state index is 0.205. The number of piperazine rings is 1. The van der Waals surface area contributed by atoms with E-state index in [0.29, 0.717) is 0 Å². The van der Waals surface area contributed by atoms with E-state index >= 15 is 0 Å². The second kappa shape index (κ2) is 4.66. The van der Waals surface area contributed by atoms with Crippen LogP contribution < -0.4 is 0 Å². The summed E-state index contributed by atoms with van der Waals surface area (Å²) in [5.74, 6) is 0. The molecule has 1 heterocycles. The zero-order valence-corrected chi connectivity index (χ0v) is 9.89. The molecule has 0 aromatic heterocycles. The summed E-state index contributed by atoms with van der Waals surface area (Å²) in [5, 5.41) is 0. The summed E-state index contributed by atoms with van der Waals surface area (Å²) in [5.41, 5.74) is 2.48. The Balaban J connectivity index is 2.22. The number of amides is 1. The summed E-state index contributed by atoms with van der Waals surface area (Å²) in [6.45, 7) is 4.77. The summed E-state index contributed by atoms with van der Waals surface area (Å²) in [7, 11) is 2.10. The number of carbonyl (C=O) groups is 1. The van der Waals surface area contributed by atoms with E-state index in [1.165, 1.54) is 11.1 Å². The molecule has 0 spiro atoms. The quantitative estimate of drug-likeness (QED) is 0.701. The lowest BCUT2D eigenvalue weighted by atomic mass is 10.0. The highest BCUT2D eigenvalue weighted by Crippen LogP contribution is 2.23. The van der Waals surface area contributed by atoms with E-state index in [0.717, 1.165) is 26.0 Å². The van der Waals surface area contributed by atoms with Gasteiger partial charge in [-0.15, -0.1) is 0 Å². The Kier molecular flexibility index (Phi) is 3.25. The Bertz CT molecular complexity index is 361. The van der Waals surface area contributed by atoms with Gasteiger partial charge in [0.15, 0.2) is 0 Å². The summed E-state index contributed by atoms with van der Waals surface area (Å²) in [4.78, 5) is 15.2. The minimum absolute atomic E-state index is 0.205. The van der Waals surface area contributed by atoms with E-state index in [-0.39, 0.29) is 6.04 Å². The molecular weight excluding hydrogens is 200 g/mol.